The molecule has 1 aliphatic carbocycles. The number of nitrogens with zero attached hydrogens (tertiary/aromatic N) is 3. The van der Waals surface area contributed by atoms with Crippen molar-refractivity contribution >= 4 is 17.9 Å². The summed E-state index contributed by atoms with van der Waals surface area (Å²) in [5.74, 6) is 1.16. The van der Waals surface area contributed by atoms with Crippen LogP contribution in [0.25, 0.3) is 6.08 Å². The molecule has 0 radical (unpaired) electrons. The Morgan fingerprint density at radius 3 is 2.55 bits per heavy atom. The fourth-order valence-electron chi connectivity index (χ4n) is 4.69. The fourth-order valence-corrected chi connectivity index (χ4v) is 4.69. The summed E-state index contributed by atoms with van der Waals surface area (Å²) in [5, 5.41) is 5.62. The molecule has 1 saturated carbocycles. The van der Waals surface area contributed by atoms with Gasteiger partial charge in [-0.05, 0) is 43.8 Å². The van der Waals surface area contributed by atoms with Crippen molar-refractivity contribution in [3.8, 4) is 0 Å². The van der Waals surface area contributed by atoms with E-state index in [1.54, 1.807) is 7.05 Å². The van der Waals surface area contributed by atoms with Gasteiger partial charge in [-0.15, -0.1) is 0 Å². The van der Waals surface area contributed by atoms with Gasteiger partial charge in [-0.1, -0.05) is 52.5 Å². The van der Waals surface area contributed by atoms with Crippen molar-refractivity contribution in [1.29, 1.82) is 0 Å². The second kappa shape index (κ2) is 9.98. The largest absolute Gasteiger partial charge is 0.357 e. The highest BCUT2D eigenvalue weighted by molar-refractivity contribution is 5.97. The van der Waals surface area contributed by atoms with E-state index in [1.165, 1.54) is 25.7 Å². The molecule has 2 aliphatic rings. The van der Waals surface area contributed by atoms with E-state index in [0.29, 0.717) is 12.2 Å². The van der Waals surface area contributed by atoms with Crippen molar-refractivity contribution < 1.29 is 9.59 Å². The van der Waals surface area contributed by atoms with Crippen molar-refractivity contribution in [2.24, 2.45) is 11.3 Å². The lowest BCUT2D eigenvalue weighted by molar-refractivity contribution is -0.124. The zero-order chi connectivity index (χ0) is 22.6. The Bertz CT molecular complexity index is 815. The number of hydrogen-bond donors (Lipinski definition) is 2. The zero-order valence-corrected chi connectivity index (χ0v) is 19.8. The molecular formula is C24H39N5O2. The minimum Gasteiger partial charge on any atom is -0.357 e. The minimum absolute atomic E-state index is 0.194. The van der Waals surface area contributed by atoms with Crippen LogP contribution in [0.5, 0.6) is 0 Å². The summed E-state index contributed by atoms with van der Waals surface area (Å²) >= 11 is 0. The van der Waals surface area contributed by atoms with E-state index < -0.39 is 11.5 Å². The van der Waals surface area contributed by atoms with E-state index in [-0.39, 0.29) is 11.8 Å². The number of likely N-dealkylation sites (N-methyl/N-ethyl adjacent to an activating group) is 1. The summed E-state index contributed by atoms with van der Waals surface area (Å²) in [4.78, 5) is 32.7. The molecule has 0 aromatic carbocycles. The lowest BCUT2D eigenvalue weighted by Crippen LogP contribution is -2.53. The lowest BCUT2D eigenvalue weighted by atomic mass is 9.86. The Morgan fingerprint density at radius 2 is 1.90 bits per heavy atom. The molecule has 1 aromatic heterocycles. The average molecular weight is 430 g/mol. The highest BCUT2D eigenvalue weighted by Gasteiger charge is 2.34. The second-order valence-corrected chi connectivity index (χ2v) is 10.2. The summed E-state index contributed by atoms with van der Waals surface area (Å²) in [7, 11) is 3.67. The molecule has 0 unspecified atom stereocenters. The molecule has 7 nitrogen and oxygen atoms in total. The van der Waals surface area contributed by atoms with Crippen LogP contribution in [-0.4, -0.2) is 52.9 Å². The monoisotopic (exact) mass is 429 g/mol. The van der Waals surface area contributed by atoms with Crippen molar-refractivity contribution in [3.63, 3.8) is 0 Å². The van der Waals surface area contributed by atoms with Crippen molar-refractivity contribution in [3.05, 3.63) is 23.3 Å². The Balaban J connectivity index is 1.87. The van der Waals surface area contributed by atoms with E-state index >= 15 is 0 Å². The summed E-state index contributed by atoms with van der Waals surface area (Å²) in [6.07, 6.45) is 11.7. The number of rotatable bonds is 6. The number of allylic oxidation sites excluding steroid dienone is 1. The van der Waals surface area contributed by atoms with Gasteiger partial charge in [0.1, 0.15) is 11.9 Å². The van der Waals surface area contributed by atoms with Crippen LogP contribution < -0.4 is 10.6 Å². The number of hydrogen-bond acceptors (Lipinski definition) is 4. The van der Waals surface area contributed by atoms with E-state index in [1.807, 2.05) is 20.8 Å². The second-order valence-electron chi connectivity index (χ2n) is 10.2. The molecule has 172 valence electrons. The summed E-state index contributed by atoms with van der Waals surface area (Å²) in [6, 6.07) is -0.632. The van der Waals surface area contributed by atoms with Crippen LogP contribution in [0.3, 0.4) is 0 Å². The molecule has 1 aliphatic heterocycles. The maximum atomic E-state index is 13.3. The first-order valence-electron chi connectivity index (χ1n) is 11.7. The van der Waals surface area contributed by atoms with E-state index in [4.69, 9.17) is 4.98 Å². The first-order chi connectivity index (χ1) is 14.7. The molecule has 1 aromatic rings. The lowest BCUT2D eigenvalue weighted by Gasteiger charge is -2.29. The molecule has 3 rings (SSSR count). The van der Waals surface area contributed by atoms with Gasteiger partial charge in [0, 0.05) is 20.1 Å². The third-order valence-corrected chi connectivity index (χ3v) is 6.52. The number of carbonyl (C=O) groups excluding carboxylic acids is 2. The van der Waals surface area contributed by atoms with Crippen molar-refractivity contribution in [1.82, 2.24) is 25.1 Å². The van der Waals surface area contributed by atoms with Crippen molar-refractivity contribution in [2.45, 2.75) is 78.4 Å². The fraction of sp³-hybridized carbons (Fsp3) is 0.708. The molecule has 31 heavy (non-hydrogen) atoms. The van der Waals surface area contributed by atoms with E-state index in [9.17, 15) is 9.59 Å². The molecule has 2 N–H and O–H groups in total. The van der Waals surface area contributed by atoms with Gasteiger partial charge in [0.2, 0.25) is 5.91 Å². The van der Waals surface area contributed by atoms with Crippen LogP contribution in [0.4, 0.5) is 0 Å². The topological polar surface area (TPSA) is 79.3 Å². The Hall–Kier alpha value is -2.15. The Morgan fingerprint density at radius 1 is 1.19 bits per heavy atom. The van der Waals surface area contributed by atoms with Crippen molar-refractivity contribution in [2.75, 3.05) is 20.6 Å². The molecule has 2 amide bonds. The number of fused-ring (bicyclic) bond motifs is 1. The van der Waals surface area contributed by atoms with Gasteiger partial charge in [0.25, 0.3) is 5.91 Å². The smallest absolute Gasteiger partial charge is 0.272 e. The normalized spacial score (nSPS) is 19.3. The van der Waals surface area contributed by atoms with Crippen LogP contribution in [0.15, 0.2) is 6.08 Å². The van der Waals surface area contributed by atoms with Crippen LogP contribution in [-0.2, 0) is 17.9 Å². The van der Waals surface area contributed by atoms with Gasteiger partial charge < -0.3 is 20.1 Å². The van der Waals surface area contributed by atoms with Crippen LogP contribution >= 0.6 is 0 Å². The molecule has 0 spiro atoms. The first-order valence-corrected chi connectivity index (χ1v) is 11.7. The third-order valence-electron chi connectivity index (χ3n) is 6.52. The summed E-state index contributed by atoms with van der Waals surface area (Å²) in [5.41, 5.74) is 0.961. The SMILES string of the molecule is CNC(=O)[C@@H](NC(=O)c1nc(/C=C/CC2CCCC2)n2c1CN(C)CCC2)C(C)(C)C. The van der Waals surface area contributed by atoms with Crippen LogP contribution in [0.2, 0.25) is 0 Å². The summed E-state index contributed by atoms with van der Waals surface area (Å²) in [6.45, 7) is 8.36. The number of carbonyl (C=O) groups is 2. The van der Waals surface area contributed by atoms with Gasteiger partial charge in [-0.25, -0.2) is 4.98 Å². The molecule has 2 heterocycles. The van der Waals surface area contributed by atoms with E-state index in [2.05, 4.69) is 39.3 Å². The van der Waals surface area contributed by atoms with E-state index in [0.717, 1.165) is 43.4 Å². The number of nitrogens with one attached hydrogen (secondary N) is 2. The Labute approximate surface area is 186 Å². The van der Waals surface area contributed by atoms with Gasteiger partial charge in [-0.3, -0.25) is 9.59 Å². The Kier molecular flexibility index (Phi) is 7.57. The molecule has 7 heteroatoms. The molecule has 0 bridgehead atoms. The highest BCUT2D eigenvalue weighted by Crippen LogP contribution is 2.28. The van der Waals surface area contributed by atoms with Gasteiger partial charge >= 0.3 is 0 Å². The molecule has 0 saturated heterocycles. The zero-order valence-electron chi connectivity index (χ0n) is 19.8. The predicted molar refractivity (Wildman–Crippen MR) is 124 cm³/mol. The number of aromatic nitrogens is 2. The quantitative estimate of drug-likeness (QED) is 0.728. The van der Waals surface area contributed by atoms with Gasteiger partial charge in [0.05, 0.1) is 5.69 Å². The van der Waals surface area contributed by atoms with Crippen LogP contribution in [0.1, 0.15) is 81.3 Å². The van der Waals surface area contributed by atoms with Gasteiger partial charge in [0.15, 0.2) is 5.69 Å². The predicted octanol–water partition coefficient (Wildman–Crippen LogP) is 3.20. The third kappa shape index (κ3) is 5.76. The average Bonchev–Trinajstić information content (AvgIpc) is 3.29. The molecular weight excluding hydrogens is 390 g/mol. The standard InChI is InChI=1S/C24H39N5O2/c1-24(2,3)21(23(31)25-4)27-22(30)20-18-16-28(5)14-9-15-29(18)19(26-20)13-8-12-17-10-6-7-11-17/h8,13,17,21H,6-7,9-12,14-16H2,1-5H3,(H,25,31)(H,27,30)/b13-8+/t21-/m1/s1. The van der Waals surface area contributed by atoms with Gasteiger partial charge in [-0.2, -0.15) is 0 Å². The maximum absolute atomic E-state index is 13.3. The highest BCUT2D eigenvalue weighted by atomic mass is 16.2. The maximum Gasteiger partial charge on any atom is 0.272 e. The minimum atomic E-state index is -0.632. The molecule has 1 atom stereocenters. The van der Waals surface area contributed by atoms with Crippen LogP contribution in [0, 0.1) is 11.3 Å². The first kappa shape index (κ1) is 23.5. The number of amides is 2. The summed E-state index contributed by atoms with van der Waals surface area (Å²) < 4.78 is 2.19. The molecule has 1 fully saturated rings. The number of imidazole rings is 1.